The highest BCUT2D eigenvalue weighted by atomic mass is 16.5. The van der Waals surface area contributed by atoms with Crippen LogP contribution >= 0.6 is 0 Å². The van der Waals surface area contributed by atoms with Crippen molar-refractivity contribution in [1.82, 2.24) is 0 Å². The van der Waals surface area contributed by atoms with Crippen LogP contribution in [-0.4, -0.2) is 18.5 Å². The summed E-state index contributed by atoms with van der Waals surface area (Å²) in [7, 11) is 1.59. The molecule has 0 bridgehead atoms. The second-order valence-electron chi connectivity index (χ2n) is 3.06. The summed E-state index contributed by atoms with van der Waals surface area (Å²) < 4.78 is 5.07. The molecule has 62 valence electrons. The van der Waals surface area contributed by atoms with E-state index in [-0.39, 0.29) is 17.8 Å². The topological polar surface area (TPSA) is 26.3 Å². The standard InChI is InChI=1S/C9H14O2/c1-5-6-8(10)7-9(2,3)11-4/h1H,6-7H2,2-4H3. The fourth-order valence-electron chi connectivity index (χ4n) is 0.723. The van der Waals surface area contributed by atoms with Gasteiger partial charge < -0.3 is 4.74 Å². The predicted molar refractivity (Wildman–Crippen MR) is 44.2 cm³/mol. The first-order valence-corrected chi connectivity index (χ1v) is 3.52. The van der Waals surface area contributed by atoms with Gasteiger partial charge in [0.2, 0.25) is 0 Å². The van der Waals surface area contributed by atoms with Crippen molar-refractivity contribution in [3.05, 3.63) is 0 Å². The number of terminal acetylenes is 1. The van der Waals surface area contributed by atoms with Crippen LogP contribution in [0.5, 0.6) is 0 Å². The van der Waals surface area contributed by atoms with Gasteiger partial charge in [0.15, 0.2) is 0 Å². The van der Waals surface area contributed by atoms with Crippen molar-refractivity contribution in [2.24, 2.45) is 0 Å². The number of ether oxygens (including phenoxy) is 1. The molecule has 0 fully saturated rings. The van der Waals surface area contributed by atoms with Crippen molar-refractivity contribution in [1.29, 1.82) is 0 Å². The molecular weight excluding hydrogens is 140 g/mol. The zero-order valence-corrected chi connectivity index (χ0v) is 7.31. The van der Waals surface area contributed by atoms with E-state index in [0.29, 0.717) is 6.42 Å². The number of carbonyl (C=O) groups excluding carboxylic acids is 1. The van der Waals surface area contributed by atoms with Gasteiger partial charge in [-0.15, -0.1) is 6.42 Å². The SMILES string of the molecule is C#CCC(=O)CC(C)(C)OC. The first kappa shape index (κ1) is 10.2. The largest absolute Gasteiger partial charge is 0.378 e. The van der Waals surface area contributed by atoms with E-state index in [0.717, 1.165) is 0 Å². The smallest absolute Gasteiger partial charge is 0.147 e. The number of ketones is 1. The highest BCUT2D eigenvalue weighted by Crippen LogP contribution is 2.13. The molecule has 0 saturated carbocycles. The summed E-state index contributed by atoms with van der Waals surface area (Å²) >= 11 is 0. The van der Waals surface area contributed by atoms with Gasteiger partial charge in [-0.1, -0.05) is 5.92 Å². The van der Waals surface area contributed by atoms with Gasteiger partial charge in [0.25, 0.3) is 0 Å². The quantitative estimate of drug-likeness (QED) is 0.572. The Morgan fingerprint density at radius 2 is 2.18 bits per heavy atom. The maximum absolute atomic E-state index is 11.0. The van der Waals surface area contributed by atoms with Crippen molar-refractivity contribution in [2.75, 3.05) is 7.11 Å². The molecule has 11 heavy (non-hydrogen) atoms. The lowest BCUT2D eigenvalue weighted by atomic mass is 10.0. The van der Waals surface area contributed by atoms with Gasteiger partial charge in [0.1, 0.15) is 5.78 Å². The van der Waals surface area contributed by atoms with E-state index in [4.69, 9.17) is 11.2 Å². The molecule has 0 radical (unpaired) electrons. The van der Waals surface area contributed by atoms with Gasteiger partial charge in [-0.25, -0.2) is 0 Å². The molecule has 0 heterocycles. The zero-order valence-electron chi connectivity index (χ0n) is 7.31. The lowest BCUT2D eigenvalue weighted by Gasteiger charge is -2.20. The van der Waals surface area contributed by atoms with Gasteiger partial charge >= 0.3 is 0 Å². The molecule has 0 rings (SSSR count). The number of hydrogen-bond donors (Lipinski definition) is 0. The number of hydrogen-bond acceptors (Lipinski definition) is 2. The number of methoxy groups -OCH3 is 1. The maximum Gasteiger partial charge on any atom is 0.147 e. The fourth-order valence-corrected chi connectivity index (χ4v) is 0.723. The van der Waals surface area contributed by atoms with Crippen molar-refractivity contribution in [3.8, 4) is 12.3 Å². The van der Waals surface area contributed by atoms with Crippen LogP contribution in [0.4, 0.5) is 0 Å². The Morgan fingerprint density at radius 3 is 2.55 bits per heavy atom. The third-order valence-corrected chi connectivity index (χ3v) is 1.47. The third kappa shape index (κ3) is 4.58. The summed E-state index contributed by atoms with van der Waals surface area (Å²) in [6.07, 6.45) is 5.56. The molecule has 0 aliphatic rings. The zero-order chi connectivity index (χ0) is 8.91. The molecule has 0 aromatic heterocycles. The summed E-state index contributed by atoms with van der Waals surface area (Å²) in [6.45, 7) is 3.73. The number of Topliss-reactive ketones (excluding diaryl/α,β-unsaturated/α-hetero) is 1. The van der Waals surface area contributed by atoms with Crippen molar-refractivity contribution in [2.45, 2.75) is 32.3 Å². The van der Waals surface area contributed by atoms with E-state index in [2.05, 4.69) is 5.92 Å². The molecule has 0 unspecified atom stereocenters. The highest BCUT2D eigenvalue weighted by Gasteiger charge is 2.19. The Labute approximate surface area is 67.9 Å². The Balaban J connectivity index is 3.86. The van der Waals surface area contributed by atoms with Crippen molar-refractivity contribution < 1.29 is 9.53 Å². The first-order valence-electron chi connectivity index (χ1n) is 3.52. The molecule has 0 aromatic rings. The summed E-state index contributed by atoms with van der Waals surface area (Å²) in [6, 6.07) is 0. The molecule has 0 saturated heterocycles. The molecule has 0 aliphatic carbocycles. The van der Waals surface area contributed by atoms with E-state index in [1.165, 1.54) is 0 Å². The Morgan fingerprint density at radius 1 is 1.64 bits per heavy atom. The highest BCUT2D eigenvalue weighted by molar-refractivity contribution is 5.81. The van der Waals surface area contributed by atoms with Crippen LogP contribution in [0.3, 0.4) is 0 Å². The maximum atomic E-state index is 11.0. The van der Waals surface area contributed by atoms with Crippen LogP contribution in [-0.2, 0) is 9.53 Å². The molecule has 0 aliphatic heterocycles. The van der Waals surface area contributed by atoms with E-state index in [1.807, 2.05) is 13.8 Å². The molecule has 2 heteroatoms. The van der Waals surface area contributed by atoms with Crippen LogP contribution in [0.2, 0.25) is 0 Å². The average molecular weight is 154 g/mol. The monoisotopic (exact) mass is 154 g/mol. The van der Waals surface area contributed by atoms with Gasteiger partial charge in [0, 0.05) is 13.5 Å². The summed E-state index contributed by atoms with van der Waals surface area (Å²) in [5, 5.41) is 0. The van der Waals surface area contributed by atoms with Crippen LogP contribution in [0.15, 0.2) is 0 Å². The minimum Gasteiger partial charge on any atom is -0.378 e. The molecule has 0 atom stereocenters. The second kappa shape index (κ2) is 4.15. The van der Waals surface area contributed by atoms with E-state index in [1.54, 1.807) is 7.11 Å². The lowest BCUT2D eigenvalue weighted by Crippen LogP contribution is -2.26. The van der Waals surface area contributed by atoms with Crippen molar-refractivity contribution >= 4 is 5.78 Å². The fraction of sp³-hybridized carbons (Fsp3) is 0.667. The molecule has 0 N–H and O–H groups in total. The Hall–Kier alpha value is -0.810. The molecule has 0 spiro atoms. The van der Waals surface area contributed by atoms with Crippen LogP contribution in [0.1, 0.15) is 26.7 Å². The lowest BCUT2D eigenvalue weighted by molar-refractivity contribution is -0.123. The third-order valence-electron chi connectivity index (χ3n) is 1.47. The molecule has 0 amide bonds. The first-order chi connectivity index (χ1) is 5.02. The summed E-state index contributed by atoms with van der Waals surface area (Å²) in [4.78, 5) is 11.0. The Bertz CT molecular complexity index is 174. The van der Waals surface area contributed by atoms with Crippen LogP contribution in [0.25, 0.3) is 0 Å². The summed E-state index contributed by atoms with van der Waals surface area (Å²) in [5.74, 6) is 2.36. The molecule has 0 aromatic carbocycles. The minimum atomic E-state index is -0.381. The van der Waals surface area contributed by atoms with Gasteiger partial charge in [0.05, 0.1) is 12.0 Å². The van der Waals surface area contributed by atoms with E-state index < -0.39 is 0 Å². The normalized spacial score (nSPS) is 10.7. The predicted octanol–water partition coefficient (Wildman–Crippen LogP) is 1.39. The van der Waals surface area contributed by atoms with Gasteiger partial charge in [-0.2, -0.15) is 0 Å². The average Bonchev–Trinajstić information content (AvgIpc) is 1.87. The van der Waals surface area contributed by atoms with Crippen LogP contribution in [0, 0.1) is 12.3 Å². The molecule has 2 nitrogen and oxygen atoms in total. The Kier molecular flexibility index (Phi) is 3.84. The minimum absolute atomic E-state index is 0.0550. The second-order valence-corrected chi connectivity index (χ2v) is 3.06. The van der Waals surface area contributed by atoms with E-state index >= 15 is 0 Å². The van der Waals surface area contributed by atoms with Gasteiger partial charge in [-0.3, -0.25) is 4.79 Å². The molecular formula is C9H14O2. The van der Waals surface area contributed by atoms with E-state index in [9.17, 15) is 4.79 Å². The number of rotatable bonds is 4. The van der Waals surface area contributed by atoms with Crippen molar-refractivity contribution in [3.63, 3.8) is 0 Å². The summed E-state index contributed by atoms with van der Waals surface area (Å²) in [5.41, 5.74) is -0.381. The van der Waals surface area contributed by atoms with Gasteiger partial charge in [-0.05, 0) is 13.8 Å². The van der Waals surface area contributed by atoms with Crippen LogP contribution < -0.4 is 0 Å². The number of carbonyl (C=O) groups is 1.